The summed E-state index contributed by atoms with van der Waals surface area (Å²) in [7, 11) is 3.23. The topological polar surface area (TPSA) is 355 Å². The molecule has 2 atom stereocenters. The van der Waals surface area contributed by atoms with E-state index in [1.54, 1.807) is 26.4 Å². The Labute approximate surface area is 768 Å². The Bertz CT molecular complexity index is 6360. The highest BCUT2D eigenvalue weighted by atomic mass is 16.5. The largest absolute Gasteiger partial charge is 0.505 e. The van der Waals surface area contributed by atoms with E-state index in [1.165, 1.54) is 51.6 Å². The van der Waals surface area contributed by atoms with Gasteiger partial charge in [0.05, 0.1) is 74.2 Å². The lowest BCUT2D eigenvalue weighted by Gasteiger charge is -2.33. The Morgan fingerprint density at radius 2 is 0.811 bits per heavy atom. The molecule has 4 aliphatic heterocycles. The highest BCUT2D eigenvalue weighted by Crippen LogP contribution is 2.47. The number of fused-ring (bicyclic) bond motifs is 10. The van der Waals surface area contributed by atoms with Crippen LogP contribution in [0.25, 0.3) is 65.2 Å². The lowest BCUT2D eigenvalue weighted by Crippen LogP contribution is -2.38. The first-order chi connectivity index (χ1) is 64.6. The molecule has 4 aromatic heterocycles. The van der Waals surface area contributed by atoms with Crippen LogP contribution in [0.4, 0.5) is 69.8 Å². The van der Waals surface area contributed by atoms with Crippen molar-refractivity contribution in [3.8, 4) is 23.0 Å². The Hall–Kier alpha value is -13.4. The third kappa shape index (κ3) is 22.3. The number of ether oxygens (including phenoxy) is 4. The first-order valence-corrected chi connectivity index (χ1v) is 46.4. The van der Waals surface area contributed by atoms with Crippen molar-refractivity contribution in [2.75, 3.05) is 164 Å². The van der Waals surface area contributed by atoms with Crippen LogP contribution in [0.2, 0.25) is 0 Å². The molecule has 10 N–H and O–H groups in total. The molecule has 132 heavy (non-hydrogen) atoms. The fourth-order valence-corrected chi connectivity index (χ4v) is 18.2. The Morgan fingerprint density at radius 3 is 1.19 bits per heavy atom. The Morgan fingerprint density at radius 1 is 0.432 bits per heavy atom. The number of carbonyl (C=O) groups excluding carboxylic acids is 2. The maximum Gasteiger partial charge on any atom is 0.233 e. The van der Waals surface area contributed by atoms with Gasteiger partial charge in [-0.2, -0.15) is 40.1 Å². The van der Waals surface area contributed by atoms with Gasteiger partial charge in [-0.1, -0.05) is 85.6 Å². The molecule has 0 saturated carbocycles. The van der Waals surface area contributed by atoms with Crippen molar-refractivity contribution < 1.29 is 38.7 Å². The molecular weight excluding hydrogens is 1660 g/mol. The van der Waals surface area contributed by atoms with E-state index < -0.39 is 0 Å². The standard InChI is InChI=1S/C53H63N11O3.C49H55N11O5/c1-34-31-41(67-4)23-17-37(34)33-46(65)44-32-38-18-24-43-42-15-5-6-16-45(42)57-48(43)47(38)49(50(44)66)62-61-40-21-19-39(20-22-40)56-53-59-51(54-25-11-29-63-27-9-7-13-35(63)2)58-52(60-53)55-26-12-30-64-28-10-8-14-36(64)3;1-32-29-37(63-2)15-9-33(32)31-42(61)40-30-34-10-16-39-38-7-3-4-8-41(38)53-44(39)43(34)45(46(40)62)58-57-36-13-11-35(12-14-36)52-49-55-47(50-17-5-19-59-21-25-64-26-22-59)54-48(56-49)51-18-6-20-60-23-27-65-28-24-60/h5-6,15-24,31-32,35-36,57,66H,7-14,25-30,33H2,1-4H3,(H3,54,55,56,58,59,60);3-4,7-16,29-30,53,62H,5-6,17-28,31H2,1-2H3,(H3,50,51,52,54,55,56). The van der Waals surface area contributed by atoms with Crippen LogP contribution in [-0.4, -0.2) is 226 Å². The molecule has 2 unspecified atom stereocenters. The number of rotatable bonds is 36. The third-order valence-corrected chi connectivity index (χ3v) is 25.7. The molecule has 8 heterocycles. The van der Waals surface area contributed by atoms with Crippen molar-refractivity contribution in [2.45, 2.75) is 117 Å². The van der Waals surface area contributed by atoms with Crippen molar-refractivity contribution in [1.29, 1.82) is 0 Å². The minimum absolute atomic E-state index is 0.0920. The molecule has 684 valence electrons. The molecule has 0 bridgehead atoms. The van der Waals surface area contributed by atoms with E-state index >= 15 is 0 Å². The van der Waals surface area contributed by atoms with Crippen molar-refractivity contribution in [3.63, 3.8) is 0 Å². The molecule has 0 amide bonds. The monoisotopic (exact) mass is 1780 g/mol. The minimum atomic E-state index is -0.239. The number of morpholine rings is 2. The van der Waals surface area contributed by atoms with E-state index in [0.717, 1.165) is 211 Å². The number of hydrogen-bond donors (Lipinski definition) is 10. The SMILES string of the molecule is COc1ccc(CC(=O)c2cc3ccc4c5ccccc5[nH]c4c3c(N=Nc3ccc(Nc4nc(NCCCN5CCCCC5C)nc(NCCCN5CCCCC5C)n4)cc3)c2O)c(C)c1.COc1ccc(CC(=O)c2cc3ccc4c5ccccc5[nH]c4c3c(N=Nc3ccc(Nc4nc(NCCCN5CCOCC5)nc(NCCCN5CCOCC5)n4)cc3)c2O)c(C)c1. The number of phenolic OH excluding ortho intramolecular Hbond substituents is 2. The number of piperidine rings is 2. The van der Waals surface area contributed by atoms with Gasteiger partial charge in [0.1, 0.15) is 22.9 Å². The van der Waals surface area contributed by atoms with Crippen LogP contribution in [0.5, 0.6) is 23.0 Å². The summed E-state index contributed by atoms with van der Waals surface area (Å²) in [5.74, 6) is 3.36. The zero-order valence-electron chi connectivity index (χ0n) is 76.1. The number of aromatic nitrogens is 8. The number of Topliss-reactive ketones (excluding diaryl/α,β-unsaturated/α-hetero) is 2. The number of aromatic amines is 2. The van der Waals surface area contributed by atoms with Crippen molar-refractivity contribution in [2.24, 2.45) is 20.5 Å². The number of nitrogens with zero attached hydrogens (tertiary/aromatic N) is 14. The number of nitrogens with one attached hydrogen (secondary N) is 8. The number of azo groups is 2. The molecule has 0 spiro atoms. The van der Waals surface area contributed by atoms with Crippen LogP contribution in [0, 0.1) is 13.8 Å². The second kappa shape index (κ2) is 43.1. The summed E-state index contributed by atoms with van der Waals surface area (Å²) in [5, 5.41) is 69.9. The predicted octanol–water partition coefficient (Wildman–Crippen LogP) is 20.2. The summed E-state index contributed by atoms with van der Waals surface area (Å²) >= 11 is 0. The van der Waals surface area contributed by atoms with E-state index in [1.807, 2.05) is 159 Å². The van der Waals surface area contributed by atoms with Gasteiger partial charge < -0.3 is 80.8 Å². The third-order valence-electron chi connectivity index (χ3n) is 25.7. The molecule has 10 aromatic carbocycles. The summed E-state index contributed by atoms with van der Waals surface area (Å²) in [6.45, 7) is 24.8. The first-order valence-electron chi connectivity index (χ1n) is 46.4. The van der Waals surface area contributed by atoms with Gasteiger partial charge in [-0.15, -0.1) is 10.2 Å². The van der Waals surface area contributed by atoms with Crippen LogP contribution in [0.1, 0.15) is 121 Å². The maximum absolute atomic E-state index is 14.0. The number of hydrogen-bond acceptors (Lipinski definition) is 28. The average molecular weight is 1780 g/mol. The van der Waals surface area contributed by atoms with Gasteiger partial charge in [0, 0.05) is 145 Å². The molecular formula is C102H118N22O8. The van der Waals surface area contributed by atoms with Gasteiger partial charge in [-0.25, -0.2) is 0 Å². The number of para-hydroxylation sites is 2. The van der Waals surface area contributed by atoms with Gasteiger partial charge in [0.15, 0.2) is 23.1 Å². The lowest BCUT2D eigenvalue weighted by molar-refractivity contribution is 0.0378. The molecule has 4 fully saturated rings. The highest BCUT2D eigenvalue weighted by Gasteiger charge is 2.27. The normalized spacial score (nSPS) is 16.1. The summed E-state index contributed by atoms with van der Waals surface area (Å²) in [4.78, 5) is 73.5. The lowest BCUT2D eigenvalue weighted by atomic mass is 9.95. The molecule has 30 heteroatoms. The van der Waals surface area contributed by atoms with Gasteiger partial charge >= 0.3 is 0 Å². The summed E-state index contributed by atoms with van der Waals surface area (Å²) < 4.78 is 21.7. The van der Waals surface area contributed by atoms with Gasteiger partial charge in [-0.3, -0.25) is 19.4 Å². The van der Waals surface area contributed by atoms with Gasteiger partial charge in [-0.05, 0) is 235 Å². The number of carbonyl (C=O) groups is 2. The number of anilines is 8. The second-order valence-corrected chi connectivity index (χ2v) is 34.7. The smallest absolute Gasteiger partial charge is 0.233 e. The van der Waals surface area contributed by atoms with Crippen LogP contribution < -0.4 is 41.4 Å². The van der Waals surface area contributed by atoms with E-state index in [0.29, 0.717) is 88.8 Å². The minimum Gasteiger partial charge on any atom is -0.505 e. The second-order valence-electron chi connectivity index (χ2n) is 34.7. The quantitative estimate of drug-likeness (QED) is 0.00990. The van der Waals surface area contributed by atoms with E-state index in [-0.39, 0.29) is 58.4 Å². The molecule has 0 radical (unpaired) electrons. The Kier molecular flexibility index (Phi) is 29.6. The fourth-order valence-electron chi connectivity index (χ4n) is 18.2. The van der Waals surface area contributed by atoms with E-state index in [4.69, 9.17) is 54.0 Å². The van der Waals surface area contributed by atoms with Gasteiger partial charge in [0.25, 0.3) is 0 Å². The van der Waals surface area contributed by atoms with Crippen molar-refractivity contribution in [3.05, 3.63) is 203 Å². The predicted molar refractivity (Wildman–Crippen MR) is 526 cm³/mol. The molecule has 30 nitrogen and oxygen atoms in total. The maximum atomic E-state index is 14.0. The zero-order chi connectivity index (χ0) is 90.8. The van der Waals surface area contributed by atoms with Crippen LogP contribution in [0.3, 0.4) is 0 Å². The van der Waals surface area contributed by atoms with Crippen LogP contribution in [0.15, 0.2) is 190 Å². The molecule has 0 aliphatic carbocycles. The Balaban J connectivity index is 0.000000184. The molecule has 14 aromatic rings. The van der Waals surface area contributed by atoms with Crippen LogP contribution >= 0.6 is 0 Å². The number of H-pyrrole nitrogens is 2. The highest BCUT2D eigenvalue weighted by molar-refractivity contribution is 6.24. The summed E-state index contributed by atoms with van der Waals surface area (Å²) in [6, 6.07) is 55.0. The number of ketones is 2. The van der Waals surface area contributed by atoms with E-state index in [2.05, 4.69) is 103 Å². The number of aryl methyl sites for hydroxylation is 2. The molecule has 4 saturated heterocycles. The number of likely N-dealkylation sites (tertiary alicyclic amines) is 2. The fraction of sp³-hybridized carbons (Fsp3) is 0.373. The number of methoxy groups -OCH3 is 2. The number of aromatic hydroxyl groups is 2. The van der Waals surface area contributed by atoms with Crippen molar-refractivity contribution in [1.82, 2.24) is 59.5 Å². The van der Waals surface area contributed by atoms with Crippen LogP contribution in [-0.2, 0) is 22.3 Å². The van der Waals surface area contributed by atoms with Crippen molar-refractivity contribution >= 4 is 147 Å². The first kappa shape index (κ1) is 90.6. The summed E-state index contributed by atoms with van der Waals surface area (Å²) in [6.07, 6.45) is 11.8. The summed E-state index contributed by atoms with van der Waals surface area (Å²) in [5.41, 5.74) is 10.4. The number of phenols is 2. The van der Waals surface area contributed by atoms with Gasteiger partial charge in [0.2, 0.25) is 35.7 Å². The zero-order valence-corrected chi connectivity index (χ0v) is 76.1. The van der Waals surface area contributed by atoms with E-state index in [9.17, 15) is 19.8 Å². The average Bonchev–Trinajstić information content (AvgIpc) is 1.60. The number of benzene rings is 10. The molecule has 18 rings (SSSR count). The molecule has 4 aliphatic rings.